The first-order chi connectivity index (χ1) is 28.2. The Labute approximate surface area is 343 Å². The largest absolute Gasteiger partial charge is 0.366 e. The molecule has 8 N–H and O–H groups in total. The lowest BCUT2D eigenvalue weighted by Crippen LogP contribution is -2.37. The van der Waals surface area contributed by atoms with Gasteiger partial charge in [0.1, 0.15) is 0 Å². The minimum atomic E-state index is -0.560. The molecule has 5 rings (SSSR count). The van der Waals surface area contributed by atoms with Gasteiger partial charge in [-0.2, -0.15) is 0 Å². The van der Waals surface area contributed by atoms with Crippen molar-refractivity contribution >= 4 is 47.1 Å². The lowest BCUT2D eigenvalue weighted by atomic mass is 10.0. The summed E-state index contributed by atoms with van der Waals surface area (Å²) in [5, 5.41) is 23.5. The zero-order chi connectivity index (χ0) is 41.0. The van der Waals surface area contributed by atoms with Crippen LogP contribution in [-0.4, -0.2) is 97.8 Å². The lowest BCUT2D eigenvalue weighted by Gasteiger charge is -2.17. The summed E-state index contributed by atoms with van der Waals surface area (Å²) in [4.78, 5) is 86.7. The van der Waals surface area contributed by atoms with Crippen molar-refractivity contribution in [3.05, 3.63) is 11.4 Å². The number of carbonyl (C=O) groups is 6. The van der Waals surface area contributed by atoms with Crippen LogP contribution in [0.25, 0.3) is 0 Å². The van der Waals surface area contributed by atoms with E-state index in [0.717, 1.165) is 103 Å². The van der Waals surface area contributed by atoms with Gasteiger partial charge in [0.2, 0.25) is 23.6 Å². The van der Waals surface area contributed by atoms with E-state index in [-0.39, 0.29) is 99.0 Å². The summed E-state index contributed by atoms with van der Waals surface area (Å²) in [6, 6.07) is 0. The maximum atomic E-state index is 13.7. The fourth-order valence-corrected chi connectivity index (χ4v) is 8.88. The molecule has 1 aromatic heterocycles. The van der Waals surface area contributed by atoms with Crippen molar-refractivity contribution in [1.29, 1.82) is 0 Å². The summed E-state index contributed by atoms with van der Waals surface area (Å²) in [6.45, 7) is 1.75. The monoisotopic (exact) mass is 809 g/mol. The van der Waals surface area contributed by atoms with Crippen LogP contribution in [0.1, 0.15) is 149 Å². The molecule has 0 atom stereocenters. The van der Waals surface area contributed by atoms with Gasteiger partial charge in [-0.25, -0.2) is 9.97 Å². The van der Waals surface area contributed by atoms with Crippen molar-refractivity contribution in [2.75, 3.05) is 63.0 Å². The molecule has 4 aliphatic carbocycles. The molecule has 16 nitrogen and oxygen atoms in total. The zero-order valence-electron chi connectivity index (χ0n) is 34.5. The number of nitrogens with zero attached hydrogens (tertiary/aromatic N) is 2. The predicted octanol–water partition coefficient (Wildman–Crippen LogP) is 3.55. The fourth-order valence-electron chi connectivity index (χ4n) is 8.88. The van der Waals surface area contributed by atoms with Crippen LogP contribution < -0.4 is 42.5 Å². The number of aromatic nitrogens is 2. The molecule has 4 aliphatic rings. The third kappa shape index (κ3) is 15.7. The van der Waals surface area contributed by atoms with Crippen LogP contribution >= 0.6 is 0 Å². The van der Waals surface area contributed by atoms with E-state index in [1.54, 1.807) is 0 Å². The second-order valence-electron chi connectivity index (χ2n) is 16.8. The van der Waals surface area contributed by atoms with Gasteiger partial charge in [0, 0.05) is 78.0 Å². The van der Waals surface area contributed by atoms with Crippen molar-refractivity contribution in [2.45, 2.75) is 128 Å². The number of hydrogen-bond donors (Lipinski definition) is 8. The van der Waals surface area contributed by atoms with Gasteiger partial charge < -0.3 is 42.5 Å². The first-order valence-corrected chi connectivity index (χ1v) is 22.3. The Hall–Kier alpha value is -4.50. The molecule has 1 aromatic rings. The van der Waals surface area contributed by atoms with Gasteiger partial charge in [-0.15, -0.1) is 0 Å². The summed E-state index contributed by atoms with van der Waals surface area (Å²) in [5.41, 5.74) is -0.142. The number of carbonyl (C=O) groups excluding carboxylic acids is 6. The van der Waals surface area contributed by atoms with Gasteiger partial charge in [-0.3, -0.25) is 28.8 Å². The van der Waals surface area contributed by atoms with E-state index in [1.807, 2.05) is 0 Å². The predicted molar refractivity (Wildman–Crippen MR) is 222 cm³/mol. The number of anilines is 2. The molecular formula is C42H68N10O6. The Morgan fingerprint density at radius 1 is 0.362 bits per heavy atom. The Morgan fingerprint density at radius 2 is 0.603 bits per heavy atom. The summed E-state index contributed by atoms with van der Waals surface area (Å²) in [7, 11) is 0. The van der Waals surface area contributed by atoms with E-state index in [4.69, 9.17) is 0 Å². The highest BCUT2D eigenvalue weighted by molar-refractivity contribution is 6.01. The molecule has 58 heavy (non-hydrogen) atoms. The highest BCUT2D eigenvalue weighted by atomic mass is 16.2. The molecule has 0 spiro atoms. The molecule has 0 bridgehead atoms. The molecular weight excluding hydrogens is 741 g/mol. The van der Waals surface area contributed by atoms with Gasteiger partial charge in [-0.1, -0.05) is 51.4 Å². The van der Waals surface area contributed by atoms with Crippen LogP contribution in [0.4, 0.5) is 11.6 Å². The number of hydrogen-bond acceptors (Lipinski definition) is 10. The molecule has 322 valence electrons. The first kappa shape index (κ1) is 44.6. The summed E-state index contributed by atoms with van der Waals surface area (Å²) < 4.78 is 0. The zero-order valence-corrected chi connectivity index (χ0v) is 34.5. The summed E-state index contributed by atoms with van der Waals surface area (Å²) in [6.07, 6.45) is 19.7. The molecule has 6 amide bonds. The van der Waals surface area contributed by atoms with E-state index in [2.05, 4.69) is 52.5 Å². The molecule has 4 saturated carbocycles. The van der Waals surface area contributed by atoms with Gasteiger partial charge in [0.15, 0.2) is 23.0 Å². The van der Waals surface area contributed by atoms with Crippen LogP contribution in [0.2, 0.25) is 0 Å². The van der Waals surface area contributed by atoms with Gasteiger partial charge >= 0.3 is 0 Å². The molecule has 1 heterocycles. The third-order valence-electron chi connectivity index (χ3n) is 12.1. The van der Waals surface area contributed by atoms with Crippen LogP contribution in [0.5, 0.6) is 0 Å². The second-order valence-corrected chi connectivity index (χ2v) is 16.8. The average molecular weight is 809 g/mol. The minimum Gasteiger partial charge on any atom is -0.366 e. The molecule has 0 unspecified atom stereocenters. The maximum Gasteiger partial charge on any atom is 0.273 e. The Bertz CT molecular complexity index is 1410. The SMILES string of the molecule is O=C(CC1CCCC1)NCCNC(=O)c1nc(NCCNC(=O)CC2CCCC2)c(C(=O)NCCNC(=O)CC2CCCC2)nc1NCCNC(=O)CC1CCCC1. The van der Waals surface area contributed by atoms with Crippen molar-refractivity contribution in [2.24, 2.45) is 23.7 Å². The quantitative estimate of drug-likeness (QED) is 0.0710. The summed E-state index contributed by atoms with van der Waals surface area (Å²) >= 11 is 0. The fraction of sp³-hybridized carbons (Fsp3) is 0.762. The van der Waals surface area contributed by atoms with Crippen molar-refractivity contribution < 1.29 is 28.8 Å². The van der Waals surface area contributed by atoms with Gasteiger partial charge in [0.05, 0.1) is 0 Å². The van der Waals surface area contributed by atoms with Gasteiger partial charge in [-0.05, 0) is 75.0 Å². The standard InChI is InChI=1S/C42H68N10O6/c53-33(25-29-9-1-2-10-29)43-17-21-47-39-37(41(57)49-23-19-45-35(55)27-31-13-5-6-14-31)52-40(48-22-18-44-34(54)26-30-11-3-4-12-30)38(51-39)42(58)50-24-20-46-36(56)28-32-15-7-8-16-32/h29-32H,1-28H2,(H,43,53)(H,44,54)(H,45,55)(H,46,56)(H,47,51)(H,48,52)(H,49,57)(H,50,58). The molecule has 0 aliphatic heterocycles. The lowest BCUT2D eigenvalue weighted by molar-refractivity contribution is -0.122. The van der Waals surface area contributed by atoms with Crippen LogP contribution in [0, 0.1) is 23.7 Å². The number of amides is 6. The van der Waals surface area contributed by atoms with E-state index in [1.165, 1.54) is 0 Å². The van der Waals surface area contributed by atoms with Crippen LogP contribution in [0.15, 0.2) is 0 Å². The molecule has 0 aromatic carbocycles. The maximum absolute atomic E-state index is 13.7. The van der Waals surface area contributed by atoms with E-state index < -0.39 is 11.8 Å². The molecule has 0 radical (unpaired) electrons. The van der Waals surface area contributed by atoms with Crippen LogP contribution in [-0.2, 0) is 19.2 Å². The Balaban J connectivity index is 1.23. The van der Waals surface area contributed by atoms with Gasteiger partial charge in [0.25, 0.3) is 11.8 Å². The van der Waals surface area contributed by atoms with Crippen LogP contribution in [0.3, 0.4) is 0 Å². The van der Waals surface area contributed by atoms with E-state index in [0.29, 0.717) is 49.4 Å². The minimum absolute atomic E-state index is 0.0296. The highest BCUT2D eigenvalue weighted by Gasteiger charge is 2.25. The highest BCUT2D eigenvalue weighted by Crippen LogP contribution is 2.29. The summed E-state index contributed by atoms with van der Waals surface area (Å²) in [5.74, 6) is 0.487. The average Bonchev–Trinajstić information content (AvgIpc) is 4.06. The molecule has 16 heteroatoms. The Morgan fingerprint density at radius 3 is 0.879 bits per heavy atom. The Kier molecular flexibility index (Phi) is 18.8. The number of rotatable bonds is 24. The van der Waals surface area contributed by atoms with Crippen molar-refractivity contribution in [3.8, 4) is 0 Å². The first-order valence-electron chi connectivity index (χ1n) is 22.3. The van der Waals surface area contributed by atoms with E-state index >= 15 is 0 Å². The topological polar surface area (TPSA) is 224 Å². The normalized spacial score (nSPS) is 17.5. The number of nitrogens with one attached hydrogen (secondary N) is 8. The molecule has 4 fully saturated rings. The third-order valence-corrected chi connectivity index (χ3v) is 12.1. The van der Waals surface area contributed by atoms with Crippen molar-refractivity contribution in [3.63, 3.8) is 0 Å². The molecule has 0 saturated heterocycles. The smallest absolute Gasteiger partial charge is 0.273 e. The van der Waals surface area contributed by atoms with Crippen molar-refractivity contribution in [1.82, 2.24) is 41.9 Å². The second kappa shape index (κ2) is 24.4. The van der Waals surface area contributed by atoms with E-state index in [9.17, 15) is 28.8 Å².